The average molecular weight is 367 g/mol. The Bertz CT molecular complexity index is 855. The third kappa shape index (κ3) is 2.85. The molecule has 3 heterocycles. The van der Waals surface area contributed by atoms with Crippen LogP contribution in [-0.2, 0) is 0 Å². The molecule has 0 unspecified atom stereocenters. The molecule has 2 aromatic rings. The van der Waals surface area contributed by atoms with Crippen molar-refractivity contribution in [3.63, 3.8) is 0 Å². The predicted molar refractivity (Wildman–Crippen MR) is 92.4 cm³/mol. The highest BCUT2D eigenvalue weighted by atomic mass is 35.5. The number of halogens is 1. The number of hydrogen-bond donors (Lipinski definition) is 1. The summed E-state index contributed by atoms with van der Waals surface area (Å²) in [6.45, 7) is 2.59. The molecule has 25 heavy (non-hydrogen) atoms. The van der Waals surface area contributed by atoms with Gasteiger partial charge in [0.25, 0.3) is 5.89 Å². The molecule has 0 bridgehead atoms. The minimum atomic E-state index is -0.483. The Labute approximate surface area is 149 Å². The number of piperidine rings is 1. The van der Waals surface area contributed by atoms with Crippen LogP contribution in [0, 0.1) is 0 Å². The Morgan fingerprint density at radius 3 is 2.64 bits per heavy atom. The minimum Gasteiger partial charge on any atom is -0.485 e. The summed E-state index contributed by atoms with van der Waals surface area (Å²) in [4.78, 5) is 14.5. The van der Waals surface area contributed by atoms with Crippen molar-refractivity contribution in [1.82, 2.24) is 14.7 Å². The number of nitrogens with two attached hydrogens (primary N) is 1. The Kier molecular flexibility index (Phi) is 4.09. The van der Waals surface area contributed by atoms with Crippen LogP contribution in [-0.4, -0.2) is 48.0 Å². The fraction of sp³-hybridized carbons (Fsp3) is 0.500. The maximum atomic E-state index is 12.3. The molecule has 2 aliphatic rings. The molecule has 0 aliphatic carbocycles. The highest BCUT2D eigenvalue weighted by molar-refractivity contribution is 6.34. The van der Waals surface area contributed by atoms with Gasteiger partial charge in [-0.05, 0) is 39.0 Å². The van der Waals surface area contributed by atoms with E-state index in [1.165, 1.54) is 4.68 Å². The standard InChI is InChI=1S/C16H19ClN4O4/c1-20-4-2-9(3-5-20)21-16(22)25-15(19-21)10-8-11(17)12(18)14-13(10)23-6-7-24-14/h8-9H,2-7,18H2,1H3. The van der Waals surface area contributed by atoms with E-state index >= 15 is 0 Å². The molecule has 0 spiro atoms. The van der Waals surface area contributed by atoms with Gasteiger partial charge in [0.2, 0.25) is 0 Å². The molecule has 8 nitrogen and oxygen atoms in total. The molecular weight excluding hydrogens is 348 g/mol. The number of aromatic nitrogens is 2. The number of likely N-dealkylation sites (tertiary alicyclic amines) is 1. The summed E-state index contributed by atoms with van der Waals surface area (Å²) in [7, 11) is 2.06. The Morgan fingerprint density at radius 1 is 1.24 bits per heavy atom. The normalized spacial score (nSPS) is 18.5. The topological polar surface area (TPSA) is 95.8 Å². The van der Waals surface area contributed by atoms with Gasteiger partial charge in [-0.1, -0.05) is 11.6 Å². The number of nitrogen functional groups attached to an aromatic ring is 1. The van der Waals surface area contributed by atoms with Gasteiger partial charge in [-0.3, -0.25) is 0 Å². The second-order valence-electron chi connectivity index (χ2n) is 6.33. The zero-order valence-electron chi connectivity index (χ0n) is 13.8. The summed E-state index contributed by atoms with van der Waals surface area (Å²) in [5.41, 5.74) is 6.73. The molecule has 0 atom stereocenters. The Morgan fingerprint density at radius 2 is 1.92 bits per heavy atom. The van der Waals surface area contributed by atoms with Crippen molar-refractivity contribution in [3.8, 4) is 23.0 Å². The second-order valence-corrected chi connectivity index (χ2v) is 6.73. The van der Waals surface area contributed by atoms with Crippen molar-refractivity contribution in [2.45, 2.75) is 18.9 Å². The number of anilines is 1. The van der Waals surface area contributed by atoms with E-state index in [-0.39, 0.29) is 11.9 Å². The molecule has 2 N–H and O–H groups in total. The number of fused-ring (bicyclic) bond motifs is 1. The molecule has 1 saturated heterocycles. The van der Waals surface area contributed by atoms with E-state index in [0.29, 0.717) is 41.0 Å². The van der Waals surface area contributed by atoms with E-state index < -0.39 is 5.76 Å². The molecule has 4 rings (SSSR count). The molecule has 0 radical (unpaired) electrons. The lowest BCUT2D eigenvalue weighted by Gasteiger charge is -2.27. The minimum absolute atomic E-state index is 0.0263. The van der Waals surface area contributed by atoms with E-state index in [2.05, 4.69) is 17.0 Å². The second kappa shape index (κ2) is 6.27. The largest absolute Gasteiger partial charge is 0.485 e. The van der Waals surface area contributed by atoms with Crippen LogP contribution in [0.25, 0.3) is 11.5 Å². The maximum absolute atomic E-state index is 12.3. The monoisotopic (exact) mass is 366 g/mol. The van der Waals surface area contributed by atoms with Crippen LogP contribution in [0.15, 0.2) is 15.3 Å². The third-order valence-electron chi connectivity index (χ3n) is 4.63. The zero-order chi connectivity index (χ0) is 17.6. The number of benzene rings is 1. The first-order valence-electron chi connectivity index (χ1n) is 8.20. The first-order valence-corrected chi connectivity index (χ1v) is 8.58. The molecule has 2 aliphatic heterocycles. The summed E-state index contributed by atoms with van der Waals surface area (Å²) in [5.74, 6) is 0.450. The first kappa shape index (κ1) is 16.3. The highest BCUT2D eigenvalue weighted by Crippen LogP contribution is 2.46. The van der Waals surface area contributed by atoms with Gasteiger partial charge in [-0.2, -0.15) is 4.68 Å². The maximum Gasteiger partial charge on any atom is 0.437 e. The summed E-state index contributed by atoms with van der Waals surface area (Å²) >= 11 is 6.19. The molecule has 0 amide bonds. The van der Waals surface area contributed by atoms with Gasteiger partial charge in [-0.25, -0.2) is 4.79 Å². The van der Waals surface area contributed by atoms with Crippen LogP contribution in [0.4, 0.5) is 5.69 Å². The van der Waals surface area contributed by atoms with Crippen molar-refractivity contribution in [1.29, 1.82) is 0 Å². The van der Waals surface area contributed by atoms with Gasteiger partial charge < -0.3 is 24.5 Å². The van der Waals surface area contributed by atoms with Crippen LogP contribution < -0.4 is 21.0 Å². The van der Waals surface area contributed by atoms with Gasteiger partial charge in [-0.15, -0.1) is 5.10 Å². The van der Waals surface area contributed by atoms with Gasteiger partial charge in [0.1, 0.15) is 13.2 Å². The Hall–Kier alpha value is -2.19. The van der Waals surface area contributed by atoms with Gasteiger partial charge in [0.15, 0.2) is 11.5 Å². The third-order valence-corrected chi connectivity index (χ3v) is 4.95. The van der Waals surface area contributed by atoms with Gasteiger partial charge in [0, 0.05) is 0 Å². The van der Waals surface area contributed by atoms with Crippen molar-refractivity contribution in [2.24, 2.45) is 0 Å². The lowest BCUT2D eigenvalue weighted by atomic mass is 10.1. The average Bonchev–Trinajstić information content (AvgIpc) is 3.00. The lowest BCUT2D eigenvalue weighted by molar-refractivity contribution is 0.173. The smallest absolute Gasteiger partial charge is 0.437 e. The van der Waals surface area contributed by atoms with Crippen molar-refractivity contribution in [2.75, 3.05) is 39.1 Å². The summed E-state index contributed by atoms with van der Waals surface area (Å²) in [6, 6.07) is 1.62. The van der Waals surface area contributed by atoms with E-state index in [9.17, 15) is 4.79 Å². The number of rotatable bonds is 2. The molecule has 1 aromatic heterocycles. The quantitative estimate of drug-likeness (QED) is 0.809. The summed E-state index contributed by atoms with van der Waals surface area (Å²) < 4.78 is 18.0. The van der Waals surface area contributed by atoms with Crippen LogP contribution in [0.1, 0.15) is 18.9 Å². The number of ether oxygens (including phenoxy) is 2. The van der Waals surface area contributed by atoms with Crippen LogP contribution in [0.3, 0.4) is 0 Å². The van der Waals surface area contributed by atoms with E-state index in [1.807, 2.05) is 0 Å². The highest BCUT2D eigenvalue weighted by Gasteiger charge is 2.28. The van der Waals surface area contributed by atoms with Crippen LogP contribution in [0.2, 0.25) is 5.02 Å². The first-order chi connectivity index (χ1) is 12.0. The van der Waals surface area contributed by atoms with Gasteiger partial charge in [0.05, 0.1) is 22.3 Å². The molecular formula is C16H19ClN4O4. The molecule has 0 saturated carbocycles. The molecule has 134 valence electrons. The van der Waals surface area contributed by atoms with Crippen molar-refractivity contribution in [3.05, 3.63) is 21.6 Å². The zero-order valence-corrected chi connectivity index (χ0v) is 14.6. The summed E-state index contributed by atoms with van der Waals surface area (Å²) in [6.07, 6.45) is 1.70. The fourth-order valence-corrected chi connectivity index (χ4v) is 3.42. The Balaban J connectivity index is 1.75. The van der Waals surface area contributed by atoms with E-state index in [4.69, 9.17) is 31.2 Å². The number of hydrogen-bond acceptors (Lipinski definition) is 7. The SMILES string of the molecule is CN1CCC(n2nc(-c3cc(Cl)c(N)c4c3OCCO4)oc2=O)CC1. The molecule has 1 aromatic carbocycles. The fourth-order valence-electron chi connectivity index (χ4n) is 3.22. The van der Waals surface area contributed by atoms with E-state index in [0.717, 1.165) is 25.9 Å². The van der Waals surface area contributed by atoms with Crippen molar-refractivity contribution < 1.29 is 13.9 Å². The molecule has 9 heteroatoms. The predicted octanol–water partition coefficient (Wildman–Crippen LogP) is 1.78. The van der Waals surface area contributed by atoms with Crippen LogP contribution >= 0.6 is 11.6 Å². The summed E-state index contributed by atoms with van der Waals surface area (Å²) in [5, 5.41) is 4.69. The van der Waals surface area contributed by atoms with Crippen molar-refractivity contribution >= 4 is 17.3 Å². The van der Waals surface area contributed by atoms with Crippen LogP contribution in [0.5, 0.6) is 11.5 Å². The lowest BCUT2D eigenvalue weighted by Crippen LogP contribution is -2.34. The molecule has 1 fully saturated rings. The van der Waals surface area contributed by atoms with E-state index in [1.54, 1.807) is 6.07 Å². The number of nitrogens with zero attached hydrogens (tertiary/aromatic N) is 3. The van der Waals surface area contributed by atoms with Gasteiger partial charge >= 0.3 is 5.76 Å².